The van der Waals surface area contributed by atoms with Crippen LogP contribution in [0.3, 0.4) is 0 Å². The molecule has 1 saturated heterocycles. The Balaban J connectivity index is 1.20. The molecule has 0 unspecified atom stereocenters. The first-order chi connectivity index (χ1) is 23.7. The van der Waals surface area contributed by atoms with E-state index in [1.54, 1.807) is 23.0 Å². The number of para-hydroxylation sites is 1. The number of amides is 1. The zero-order valence-electron chi connectivity index (χ0n) is 26.6. The predicted octanol–water partition coefficient (Wildman–Crippen LogP) is 7.48. The van der Waals surface area contributed by atoms with Crippen LogP contribution in [0.15, 0.2) is 109 Å². The van der Waals surface area contributed by atoms with Gasteiger partial charge in [0.05, 0.1) is 18.4 Å². The van der Waals surface area contributed by atoms with Gasteiger partial charge in [0.15, 0.2) is 22.8 Å². The molecule has 3 heterocycles. The second-order valence-electron chi connectivity index (χ2n) is 11.9. The van der Waals surface area contributed by atoms with E-state index in [-0.39, 0.29) is 12.5 Å². The number of alkyl halides is 3. The molecule has 1 aliphatic rings. The van der Waals surface area contributed by atoms with Crippen molar-refractivity contribution in [3.05, 3.63) is 126 Å². The van der Waals surface area contributed by atoms with Gasteiger partial charge in [0.2, 0.25) is 0 Å². The molecule has 0 atom stereocenters. The number of nitrogens with one attached hydrogen (secondary N) is 1. The van der Waals surface area contributed by atoms with Gasteiger partial charge in [0, 0.05) is 43.0 Å². The maximum Gasteiger partial charge on any atom is 0.416 e. The number of likely N-dealkylation sites (N-methyl/N-ethyl adjacent to an activating group) is 1. The van der Waals surface area contributed by atoms with Crippen LogP contribution < -0.4 is 10.1 Å². The molecular weight excluding hydrogens is 631 g/mol. The van der Waals surface area contributed by atoms with Crippen LogP contribution in [0.2, 0.25) is 0 Å². The van der Waals surface area contributed by atoms with Crippen molar-refractivity contribution in [3.63, 3.8) is 0 Å². The summed E-state index contributed by atoms with van der Waals surface area (Å²) in [6, 6.07) is 29.1. The first kappa shape index (κ1) is 31.8. The van der Waals surface area contributed by atoms with Gasteiger partial charge in [0.1, 0.15) is 11.5 Å². The largest absolute Gasteiger partial charge is 0.457 e. The molecule has 2 aromatic heterocycles. The highest BCUT2D eigenvalue weighted by Gasteiger charge is 2.30. The first-order valence-electron chi connectivity index (χ1n) is 15.8. The van der Waals surface area contributed by atoms with Crippen molar-refractivity contribution in [1.82, 2.24) is 29.3 Å². The quantitative estimate of drug-likeness (QED) is 0.181. The SMILES string of the molecule is CN1CCN(C(=O)c2ccc(-c3nc(Nc4ccc(Oc5ccccc5)cc4)c4ncn(Cc5ccc(C(F)(F)F)cc5)c4n3)cc2)CC1. The summed E-state index contributed by atoms with van der Waals surface area (Å²) in [7, 11) is 2.04. The lowest BCUT2D eigenvalue weighted by Gasteiger charge is -2.32. The van der Waals surface area contributed by atoms with Crippen molar-refractivity contribution >= 4 is 28.6 Å². The molecule has 1 fully saturated rings. The number of carbonyl (C=O) groups excluding carboxylic acids is 1. The first-order valence-corrected chi connectivity index (χ1v) is 15.8. The molecule has 0 saturated carbocycles. The molecule has 6 aromatic rings. The van der Waals surface area contributed by atoms with Crippen molar-refractivity contribution in [2.75, 3.05) is 38.5 Å². The summed E-state index contributed by atoms with van der Waals surface area (Å²) in [6.45, 7) is 3.25. The van der Waals surface area contributed by atoms with Crippen LogP contribution in [0.1, 0.15) is 21.5 Å². The van der Waals surface area contributed by atoms with Crippen LogP contribution in [-0.4, -0.2) is 68.5 Å². The summed E-state index contributed by atoms with van der Waals surface area (Å²) < 4.78 is 47.2. The highest BCUT2D eigenvalue weighted by atomic mass is 19.4. The number of hydrogen-bond acceptors (Lipinski definition) is 7. The number of hydrogen-bond donors (Lipinski definition) is 1. The van der Waals surface area contributed by atoms with Crippen molar-refractivity contribution < 1.29 is 22.7 Å². The zero-order valence-corrected chi connectivity index (χ0v) is 26.6. The number of nitrogens with zero attached hydrogens (tertiary/aromatic N) is 6. The lowest BCUT2D eigenvalue weighted by atomic mass is 10.1. The minimum Gasteiger partial charge on any atom is -0.457 e. The zero-order chi connectivity index (χ0) is 34.0. The number of fused-ring (bicyclic) bond motifs is 1. The number of ether oxygens (including phenoxy) is 1. The van der Waals surface area contributed by atoms with Gasteiger partial charge in [-0.1, -0.05) is 42.5 Å². The molecule has 0 bridgehead atoms. The minimum absolute atomic E-state index is 0.0207. The lowest BCUT2D eigenvalue weighted by molar-refractivity contribution is -0.137. The number of imidazole rings is 1. The van der Waals surface area contributed by atoms with E-state index in [9.17, 15) is 18.0 Å². The maximum absolute atomic E-state index is 13.2. The van der Waals surface area contributed by atoms with Crippen LogP contribution in [-0.2, 0) is 12.7 Å². The number of aromatic nitrogens is 4. The van der Waals surface area contributed by atoms with E-state index < -0.39 is 11.7 Å². The van der Waals surface area contributed by atoms with Gasteiger partial charge >= 0.3 is 6.18 Å². The number of anilines is 2. The topological polar surface area (TPSA) is 88.4 Å². The molecule has 49 heavy (non-hydrogen) atoms. The Morgan fingerprint density at radius 3 is 2.16 bits per heavy atom. The maximum atomic E-state index is 13.2. The standard InChI is InChI=1S/C37H32F3N7O2/c1-45-19-21-46(22-20-45)36(48)27-11-9-26(10-12-27)33-43-34(42-29-15-17-31(18-16-29)49-30-5-3-2-4-6-30)32-35(44-33)47(24-41-32)23-25-7-13-28(14-8-25)37(38,39)40/h2-18,24H,19-23H2,1H3,(H,42,43,44). The summed E-state index contributed by atoms with van der Waals surface area (Å²) in [5.41, 5.74) is 2.93. The Bertz CT molecular complexity index is 2060. The van der Waals surface area contributed by atoms with Gasteiger partial charge < -0.3 is 24.4 Å². The van der Waals surface area contributed by atoms with Crippen LogP contribution in [0.4, 0.5) is 24.7 Å². The summed E-state index contributed by atoms with van der Waals surface area (Å²) in [6.07, 6.45) is -2.82. The Kier molecular flexibility index (Phi) is 8.70. The van der Waals surface area contributed by atoms with Gasteiger partial charge in [-0.25, -0.2) is 15.0 Å². The Hall–Kier alpha value is -5.75. The van der Waals surface area contributed by atoms with Crippen molar-refractivity contribution in [2.45, 2.75) is 12.7 Å². The highest BCUT2D eigenvalue weighted by molar-refractivity contribution is 5.95. The fraction of sp³-hybridized carbons (Fsp3) is 0.189. The van der Waals surface area contributed by atoms with Crippen LogP contribution in [0.5, 0.6) is 11.5 Å². The Morgan fingerprint density at radius 1 is 0.816 bits per heavy atom. The summed E-state index contributed by atoms with van der Waals surface area (Å²) in [5.74, 6) is 2.21. The average Bonchev–Trinajstić information content (AvgIpc) is 3.52. The van der Waals surface area contributed by atoms with Gasteiger partial charge in [-0.3, -0.25) is 4.79 Å². The minimum atomic E-state index is -4.42. The van der Waals surface area contributed by atoms with E-state index in [2.05, 4.69) is 15.2 Å². The second-order valence-corrected chi connectivity index (χ2v) is 11.9. The van der Waals surface area contributed by atoms with E-state index >= 15 is 0 Å². The fourth-order valence-corrected chi connectivity index (χ4v) is 5.59. The van der Waals surface area contributed by atoms with Crippen LogP contribution >= 0.6 is 0 Å². The molecule has 1 amide bonds. The number of piperazine rings is 1. The number of benzene rings is 4. The third kappa shape index (κ3) is 7.24. The highest BCUT2D eigenvalue weighted by Crippen LogP contribution is 2.31. The van der Waals surface area contributed by atoms with E-state index in [0.29, 0.717) is 58.3 Å². The number of halogens is 3. The third-order valence-electron chi connectivity index (χ3n) is 8.37. The molecular formula is C37H32F3N7O2. The monoisotopic (exact) mass is 663 g/mol. The van der Waals surface area contributed by atoms with Crippen molar-refractivity contribution in [2.24, 2.45) is 0 Å². The molecule has 7 rings (SSSR count). The second kappa shape index (κ2) is 13.4. The molecule has 1 N–H and O–H groups in total. The summed E-state index contributed by atoms with van der Waals surface area (Å²) >= 11 is 0. The number of carbonyl (C=O) groups is 1. The van der Waals surface area contributed by atoms with E-state index in [1.807, 2.05) is 78.7 Å². The van der Waals surface area contributed by atoms with Crippen LogP contribution in [0.25, 0.3) is 22.6 Å². The molecule has 0 radical (unpaired) electrons. The normalized spacial score (nSPS) is 13.8. The van der Waals surface area contributed by atoms with Gasteiger partial charge in [-0.2, -0.15) is 13.2 Å². The summed E-state index contributed by atoms with van der Waals surface area (Å²) in [4.78, 5) is 31.5. The molecule has 9 nitrogen and oxygen atoms in total. The molecule has 0 aliphatic carbocycles. The predicted molar refractivity (Wildman–Crippen MR) is 181 cm³/mol. The molecule has 4 aromatic carbocycles. The Labute approximate surface area is 280 Å². The fourth-order valence-electron chi connectivity index (χ4n) is 5.59. The molecule has 12 heteroatoms. The average molecular weight is 664 g/mol. The third-order valence-corrected chi connectivity index (χ3v) is 8.37. The number of rotatable bonds is 8. The van der Waals surface area contributed by atoms with Gasteiger partial charge in [-0.15, -0.1) is 0 Å². The van der Waals surface area contributed by atoms with Gasteiger partial charge in [-0.05, 0) is 73.3 Å². The van der Waals surface area contributed by atoms with Crippen LogP contribution in [0, 0.1) is 0 Å². The Morgan fingerprint density at radius 2 is 1.49 bits per heavy atom. The van der Waals surface area contributed by atoms with Crippen molar-refractivity contribution in [3.8, 4) is 22.9 Å². The van der Waals surface area contributed by atoms with Crippen molar-refractivity contribution in [1.29, 1.82) is 0 Å². The molecule has 0 spiro atoms. The summed E-state index contributed by atoms with van der Waals surface area (Å²) in [5, 5.41) is 3.35. The molecule has 1 aliphatic heterocycles. The van der Waals surface area contributed by atoms with Gasteiger partial charge in [0.25, 0.3) is 5.91 Å². The molecule has 248 valence electrons. The van der Waals surface area contributed by atoms with E-state index in [1.165, 1.54) is 12.1 Å². The smallest absolute Gasteiger partial charge is 0.416 e. The van der Waals surface area contributed by atoms with E-state index in [0.717, 1.165) is 36.7 Å². The lowest BCUT2D eigenvalue weighted by Crippen LogP contribution is -2.47. The van der Waals surface area contributed by atoms with E-state index in [4.69, 9.17) is 14.7 Å².